The topological polar surface area (TPSA) is 91.4 Å². The summed E-state index contributed by atoms with van der Waals surface area (Å²) in [6.07, 6.45) is -0.710. The molecule has 0 aliphatic heterocycles. The Hall–Kier alpha value is -2.41. The molecular formula is C14H15FN2O4. The van der Waals surface area contributed by atoms with Crippen LogP contribution in [0.3, 0.4) is 0 Å². The van der Waals surface area contributed by atoms with Crippen molar-refractivity contribution in [2.75, 3.05) is 19.0 Å². The van der Waals surface area contributed by atoms with Crippen LogP contribution >= 0.6 is 0 Å². The fraction of sp³-hybridized carbons (Fsp3) is 0.286. The van der Waals surface area contributed by atoms with Crippen molar-refractivity contribution in [2.24, 2.45) is 0 Å². The quantitative estimate of drug-likeness (QED) is 0.738. The fourth-order valence-electron chi connectivity index (χ4n) is 2.00. The number of methoxy groups -OCH3 is 1. The lowest BCUT2D eigenvalue weighted by molar-refractivity contribution is 0.0600. The fourth-order valence-corrected chi connectivity index (χ4v) is 2.00. The Kier molecular flexibility index (Phi) is 4.23. The summed E-state index contributed by atoms with van der Waals surface area (Å²) >= 11 is 0. The van der Waals surface area contributed by atoms with Crippen LogP contribution < -0.4 is 10.9 Å². The molecule has 1 aromatic heterocycles. The van der Waals surface area contributed by atoms with E-state index in [1.54, 1.807) is 6.92 Å². The highest BCUT2D eigenvalue weighted by Gasteiger charge is 2.20. The second-order valence-electron chi connectivity index (χ2n) is 4.62. The number of benzene rings is 1. The van der Waals surface area contributed by atoms with Crippen molar-refractivity contribution in [3.63, 3.8) is 0 Å². The second-order valence-corrected chi connectivity index (χ2v) is 4.62. The van der Waals surface area contributed by atoms with E-state index >= 15 is 0 Å². The van der Waals surface area contributed by atoms with E-state index < -0.39 is 23.4 Å². The van der Waals surface area contributed by atoms with E-state index in [1.165, 1.54) is 18.2 Å². The zero-order chi connectivity index (χ0) is 15.6. The summed E-state index contributed by atoms with van der Waals surface area (Å²) in [5.74, 6) is -1.35. The van der Waals surface area contributed by atoms with E-state index in [0.717, 1.165) is 7.11 Å². The number of hydrogen-bond acceptors (Lipinski definition) is 5. The summed E-state index contributed by atoms with van der Waals surface area (Å²) < 4.78 is 18.0. The number of pyridine rings is 1. The number of aliphatic hydroxyl groups is 1. The highest BCUT2D eigenvalue weighted by Crippen LogP contribution is 2.25. The molecule has 0 radical (unpaired) electrons. The maximum atomic E-state index is 13.4. The van der Waals surface area contributed by atoms with Gasteiger partial charge in [0.05, 0.1) is 24.4 Å². The molecule has 0 spiro atoms. The van der Waals surface area contributed by atoms with E-state index in [1.807, 2.05) is 0 Å². The molecule has 1 heterocycles. The molecule has 0 bridgehead atoms. The Labute approximate surface area is 119 Å². The lowest BCUT2D eigenvalue weighted by Crippen LogP contribution is -2.24. The largest absolute Gasteiger partial charge is 0.465 e. The van der Waals surface area contributed by atoms with Crippen molar-refractivity contribution in [3.05, 3.63) is 39.9 Å². The van der Waals surface area contributed by atoms with E-state index in [2.05, 4.69) is 15.0 Å². The third-order valence-corrected chi connectivity index (χ3v) is 2.94. The molecule has 21 heavy (non-hydrogen) atoms. The molecule has 0 aliphatic carbocycles. The normalized spacial score (nSPS) is 12.2. The number of ether oxygens (including phenoxy) is 1. The number of anilines is 1. The summed E-state index contributed by atoms with van der Waals surface area (Å²) in [5, 5.41) is 12.5. The number of aromatic amines is 1. The second kappa shape index (κ2) is 5.92. The number of halogens is 1. The zero-order valence-electron chi connectivity index (χ0n) is 11.6. The summed E-state index contributed by atoms with van der Waals surface area (Å²) in [6, 6.07) is 3.80. The lowest BCUT2D eigenvalue weighted by Gasteiger charge is -2.14. The number of aromatic nitrogens is 1. The minimum Gasteiger partial charge on any atom is -0.465 e. The lowest BCUT2D eigenvalue weighted by atomic mass is 10.1. The minimum absolute atomic E-state index is 0.0963. The van der Waals surface area contributed by atoms with Gasteiger partial charge >= 0.3 is 5.97 Å². The van der Waals surface area contributed by atoms with Crippen LogP contribution in [0.5, 0.6) is 0 Å². The molecular weight excluding hydrogens is 279 g/mol. The molecule has 0 amide bonds. The van der Waals surface area contributed by atoms with Gasteiger partial charge in [-0.2, -0.15) is 0 Å². The number of nitrogens with one attached hydrogen (secondary N) is 2. The highest BCUT2D eigenvalue weighted by molar-refractivity contribution is 6.04. The highest BCUT2D eigenvalue weighted by atomic mass is 19.1. The van der Waals surface area contributed by atoms with Crippen molar-refractivity contribution < 1.29 is 19.0 Å². The van der Waals surface area contributed by atoms with Gasteiger partial charge in [0, 0.05) is 11.9 Å². The molecule has 7 heteroatoms. The standard InChI is InChI=1S/C14H15FN2O4/c1-7(18)6-16-12-9-5-8(15)3-4-10(9)17-13(19)11(12)14(20)21-2/h3-5,7,18H,6H2,1-2H3,(H2,16,17,19)/t7-/m1/s1. The van der Waals surface area contributed by atoms with Gasteiger partial charge in [0.15, 0.2) is 0 Å². The molecule has 112 valence electrons. The number of esters is 1. The number of carbonyl (C=O) groups is 1. The van der Waals surface area contributed by atoms with Crippen molar-refractivity contribution in [3.8, 4) is 0 Å². The molecule has 3 N–H and O–H groups in total. The van der Waals surface area contributed by atoms with Crippen LogP contribution in [0.15, 0.2) is 23.0 Å². The Morgan fingerprint density at radius 3 is 2.86 bits per heavy atom. The summed E-state index contributed by atoms with van der Waals surface area (Å²) in [5.41, 5.74) is -0.381. The molecule has 0 aliphatic rings. The van der Waals surface area contributed by atoms with Crippen LogP contribution in [-0.2, 0) is 4.74 Å². The summed E-state index contributed by atoms with van der Waals surface area (Å²) in [4.78, 5) is 26.3. The maximum absolute atomic E-state index is 13.4. The molecule has 0 saturated heterocycles. The molecule has 1 atom stereocenters. The number of carbonyl (C=O) groups excluding carboxylic acids is 1. The summed E-state index contributed by atoms with van der Waals surface area (Å²) in [7, 11) is 1.15. The van der Waals surface area contributed by atoms with Gasteiger partial charge in [-0.3, -0.25) is 4.79 Å². The average molecular weight is 294 g/mol. The van der Waals surface area contributed by atoms with Gasteiger partial charge in [0.1, 0.15) is 11.4 Å². The van der Waals surface area contributed by atoms with Gasteiger partial charge < -0.3 is 20.1 Å². The van der Waals surface area contributed by atoms with Gasteiger partial charge in [-0.15, -0.1) is 0 Å². The van der Waals surface area contributed by atoms with Crippen LogP contribution in [0.1, 0.15) is 17.3 Å². The SMILES string of the molecule is COC(=O)c1c(NC[C@@H](C)O)c2cc(F)ccc2[nH]c1=O. The third-order valence-electron chi connectivity index (χ3n) is 2.94. The molecule has 0 unspecified atom stereocenters. The molecule has 0 fully saturated rings. The predicted molar refractivity (Wildman–Crippen MR) is 76.0 cm³/mol. The molecule has 2 rings (SSSR count). The van der Waals surface area contributed by atoms with Crippen molar-refractivity contribution >= 4 is 22.6 Å². The van der Waals surface area contributed by atoms with E-state index in [4.69, 9.17) is 0 Å². The Balaban J connectivity index is 2.73. The molecule has 0 saturated carbocycles. The van der Waals surface area contributed by atoms with E-state index in [-0.39, 0.29) is 17.8 Å². The maximum Gasteiger partial charge on any atom is 0.345 e. The third kappa shape index (κ3) is 3.03. The monoisotopic (exact) mass is 294 g/mol. The van der Waals surface area contributed by atoms with Gasteiger partial charge in [-0.1, -0.05) is 0 Å². The Morgan fingerprint density at radius 1 is 1.52 bits per heavy atom. The predicted octanol–water partition coefficient (Wildman–Crippen LogP) is 1.25. The first-order valence-corrected chi connectivity index (χ1v) is 6.29. The van der Waals surface area contributed by atoms with Crippen molar-refractivity contribution in [1.29, 1.82) is 0 Å². The van der Waals surface area contributed by atoms with Gasteiger partial charge in [-0.05, 0) is 25.1 Å². The minimum atomic E-state index is -0.837. The number of aliphatic hydroxyl groups excluding tert-OH is 1. The van der Waals surface area contributed by atoms with Crippen molar-refractivity contribution in [1.82, 2.24) is 4.98 Å². The van der Waals surface area contributed by atoms with Crippen LogP contribution in [0.25, 0.3) is 10.9 Å². The first-order valence-electron chi connectivity index (χ1n) is 6.29. The Morgan fingerprint density at radius 2 is 2.24 bits per heavy atom. The van der Waals surface area contributed by atoms with Gasteiger partial charge in [-0.25, -0.2) is 9.18 Å². The zero-order valence-corrected chi connectivity index (χ0v) is 11.6. The molecule has 1 aromatic carbocycles. The first kappa shape index (κ1) is 15.0. The van der Waals surface area contributed by atoms with Gasteiger partial charge in [0.25, 0.3) is 5.56 Å². The Bertz CT molecular complexity index is 740. The molecule has 2 aromatic rings. The number of rotatable bonds is 4. The van der Waals surface area contributed by atoms with Crippen LogP contribution in [0.4, 0.5) is 10.1 Å². The number of hydrogen-bond donors (Lipinski definition) is 3. The molecule has 6 nitrogen and oxygen atoms in total. The van der Waals surface area contributed by atoms with Crippen LogP contribution in [0, 0.1) is 5.82 Å². The first-order chi connectivity index (χ1) is 9.93. The van der Waals surface area contributed by atoms with E-state index in [9.17, 15) is 19.1 Å². The smallest absolute Gasteiger partial charge is 0.345 e. The van der Waals surface area contributed by atoms with Crippen LogP contribution in [0.2, 0.25) is 0 Å². The number of fused-ring (bicyclic) bond motifs is 1. The average Bonchev–Trinajstić information content (AvgIpc) is 2.44. The van der Waals surface area contributed by atoms with Gasteiger partial charge in [0.2, 0.25) is 0 Å². The van der Waals surface area contributed by atoms with Crippen LogP contribution in [-0.4, -0.2) is 35.8 Å². The summed E-state index contributed by atoms with van der Waals surface area (Å²) in [6.45, 7) is 1.64. The van der Waals surface area contributed by atoms with Crippen molar-refractivity contribution in [2.45, 2.75) is 13.0 Å². The number of H-pyrrole nitrogens is 1. The van der Waals surface area contributed by atoms with E-state index in [0.29, 0.717) is 10.9 Å².